The molecule has 8 heteroatoms. The Labute approximate surface area is 187 Å². The van der Waals surface area contributed by atoms with E-state index in [0.29, 0.717) is 41.3 Å². The number of sulfone groups is 1. The molecule has 1 atom stereocenters. The van der Waals surface area contributed by atoms with Gasteiger partial charge in [-0.2, -0.15) is 0 Å². The van der Waals surface area contributed by atoms with Crippen molar-refractivity contribution in [3.8, 4) is 22.7 Å². The van der Waals surface area contributed by atoms with E-state index in [2.05, 4.69) is 0 Å². The van der Waals surface area contributed by atoms with Crippen LogP contribution in [0.4, 0.5) is 4.39 Å². The number of carbonyl (C=O) groups is 1. The van der Waals surface area contributed by atoms with E-state index in [4.69, 9.17) is 4.74 Å². The molecular weight excluding hydrogens is 433 g/mol. The molecule has 1 N–H and O–H groups in total. The van der Waals surface area contributed by atoms with Crippen molar-refractivity contribution in [1.29, 1.82) is 0 Å². The molecule has 0 spiro atoms. The van der Waals surface area contributed by atoms with E-state index in [1.54, 1.807) is 54.9 Å². The van der Waals surface area contributed by atoms with Gasteiger partial charge in [-0.15, -0.1) is 0 Å². The largest absolute Gasteiger partial charge is 0.481 e. The molecule has 0 aliphatic heterocycles. The summed E-state index contributed by atoms with van der Waals surface area (Å²) >= 11 is 0. The monoisotopic (exact) mass is 459 g/mol. The van der Waals surface area contributed by atoms with Crippen molar-refractivity contribution in [3.05, 3.63) is 65.6 Å². The van der Waals surface area contributed by atoms with Crippen LogP contribution in [-0.4, -0.2) is 36.9 Å². The van der Waals surface area contributed by atoms with Gasteiger partial charge in [0.1, 0.15) is 5.82 Å². The average molecular weight is 460 g/mol. The maximum absolute atomic E-state index is 13.5. The number of ether oxygens (including phenoxy) is 1. The molecule has 3 aromatic rings. The summed E-state index contributed by atoms with van der Waals surface area (Å²) in [4.78, 5) is 11.9. The second-order valence-corrected chi connectivity index (χ2v) is 9.59. The van der Waals surface area contributed by atoms with Gasteiger partial charge in [-0.3, -0.25) is 9.36 Å². The van der Waals surface area contributed by atoms with Crippen LogP contribution in [0.1, 0.15) is 37.3 Å². The fourth-order valence-electron chi connectivity index (χ4n) is 3.77. The van der Waals surface area contributed by atoms with E-state index < -0.39 is 21.7 Å². The number of carboxylic acid groups (broad SMARTS) is 1. The Morgan fingerprint density at radius 1 is 1.16 bits per heavy atom. The number of halogens is 1. The zero-order valence-electron chi connectivity index (χ0n) is 18.4. The average Bonchev–Trinajstić information content (AvgIpc) is 3.12. The molecule has 1 unspecified atom stereocenters. The maximum Gasteiger partial charge on any atom is 0.311 e. The molecule has 0 saturated carbocycles. The van der Waals surface area contributed by atoms with Gasteiger partial charge in [0, 0.05) is 18.0 Å². The summed E-state index contributed by atoms with van der Waals surface area (Å²) in [6.45, 7) is 5.73. The number of benzene rings is 2. The van der Waals surface area contributed by atoms with Crippen molar-refractivity contribution < 1.29 is 27.4 Å². The highest BCUT2D eigenvalue weighted by atomic mass is 32.2. The summed E-state index contributed by atoms with van der Waals surface area (Å²) in [6, 6.07) is 10.6. The molecule has 0 amide bonds. The third-order valence-corrected chi connectivity index (χ3v) is 6.52. The Kier molecular flexibility index (Phi) is 6.74. The van der Waals surface area contributed by atoms with Crippen LogP contribution in [0.25, 0.3) is 16.8 Å². The highest BCUT2D eigenvalue weighted by Crippen LogP contribution is 2.37. The number of carboxylic acids is 1. The van der Waals surface area contributed by atoms with Crippen LogP contribution in [0, 0.1) is 12.7 Å². The van der Waals surface area contributed by atoms with E-state index in [1.165, 1.54) is 12.1 Å². The van der Waals surface area contributed by atoms with Gasteiger partial charge >= 0.3 is 5.97 Å². The van der Waals surface area contributed by atoms with Crippen LogP contribution in [0.2, 0.25) is 0 Å². The topological polar surface area (TPSA) is 85.6 Å². The van der Waals surface area contributed by atoms with Crippen LogP contribution < -0.4 is 4.74 Å². The van der Waals surface area contributed by atoms with E-state index in [1.807, 2.05) is 6.92 Å². The molecular formula is C24H26FNO5S. The van der Waals surface area contributed by atoms with Gasteiger partial charge in [0.05, 0.1) is 23.1 Å². The number of rotatable bonds is 8. The number of aliphatic carboxylic acids is 1. The lowest BCUT2D eigenvalue weighted by Gasteiger charge is -2.19. The van der Waals surface area contributed by atoms with Crippen LogP contribution >= 0.6 is 0 Å². The molecule has 0 bridgehead atoms. The molecule has 0 aliphatic rings. The molecule has 170 valence electrons. The van der Waals surface area contributed by atoms with E-state index in [0.717, 1.165) is 11.8 Å². The van der Waals surface area contributed by atoms with Crippen LogP contribution in [0.3, 0.4) is 0 Å². The molecule has 2 aromatic carbocycles. The molecule has 1 heterocycles. The molecule has 0 aliphatic carbocycles. The first kappa shape index (κ1) is 23.5. The Bertz CT molecular complexity index is 1250. The molecule has 1 aromatic heterocycles. The maximum atomic E-state index is 13.5. The minimum Gasteiger partial charge on any atom is -0.481 e. The number of hydrogen-bond donors (Lipinski definition) is 1. The Morgan fingerprint density at radius 2 is 1.81 bits per heavy atom. The van der Waals surface area contributed by atoms with E-state index >= 15 is 0 Å². The zero-order valence-corrected chi connectivity index (χ0v) is 19.2. The standard InChI is InChI=1S/C24H26FNO5S/c1-5-19(24(27)28)20-11-12-26(23(20)31-6-2)22-14-18(32(4,29)30)13-21(15(22)3)16-7-9-17(25)10-8-16/h7-14,19H,5-6H2,1-4H3,(H,27,28). The van der Waals surface area contributed by atoms with Gasteiger partial charge < -0.3 is 9.84 Å². The minimum atomic E-state index is -3.56. The smallest absolute Gasteiger partial charge is 0.311 e. The lowest BCUT2D eigenvalue weighted by Crippen LogP contribution is -2.13. The van der Waals surface area contributed by atoms with Crippen molar-refractivity contribution in [3.63, 3.8) is 0 Å². The van der Waals surface area contributed by atoms with Crippen molar-refractivity contribution in [2.75, 3.05) is 12.9 Å². The predicted molar refractivity (Wildman–Crippen MR) is 121 cm³/mol. The van der Waals surface area contributed by atoms with Crippen LogP contribution in [0.15, 0.2) is 53.6 Å². The zero-order chi connectivity index (χ0) is 23.6. The van der Waals surface area contributed by atoms with Gasteiger partial charge in [0.25, 0.3) is 0 Å². The number of nitrogens with zero attached hydrogens (tertiary/aromatic N) is 1. The van der Waals surface area contributed by atoms with Gasteiger partial charge in [-0.25, -0.2) is 12.8 Å². The van der Waals surface area contributed by atoms with E-state index in [-0.39, 0.29) is 10.7 Å². The second kappa shape index (κ2) is 9.16. The summed E-state index contributed by atoms with van der Waals surface area (Å²) in [6.07, 6.45) is 3.19. The SMILES string of the molecule is CCOc1c(C(CC)C(=O)O)ccn1-c1cc(S(C)(=O)=O)cc(-c2ccc(F)cc2)c1C. The summed E-state index contributed by atoms with van der Waals surface area (Å²) in [5.41, 5.74) is 3.11. The first-order valence-electron chi connectivity index (χ1n) is 10.3. The molecule has 32 heavy (non-hydrogen) atoms. The van der Waals surface area contributed by atoms with Gasteiger partial charge in [-0.1, -0.05) is 19.1 Å². The van der Waals surface area contributed by atoms with Crippen molar-refractivity contribution in [2.24, 2.45) is 0 Å². The summed E-state index contributed by atoms with van der Waals surface area (Å²) in [7, 11) is -3.56. The summed E-state index contributed by atoms with van der Waals surface area (Å²) in [5.74, 6) is -1.74. The molecule has 3 rings (SSSR count). The first-order valence-corrected chi connectivity index (χ1v) is 12.1. The van der Waals surface area contributed by atoms with Crippen LogP contribution in [-0.2, 0) is 14.6 Å². The Morgan fingerprint density at radius 3 is 2.34 bits per heavy atom. The third kappa shape index (κ3) is 4.55. The summed E-state index contributed by atoms with van der Waals surface area (Å²) < 4.78 is 45.9. The third-order valence-electron chi connectivity index (χ3n) is 5.43. The van der Waals surface area contributed by atoms with Gasteiger partial charge in [0.2, 0.25) is 5.88 Å². The fourth-order valence-corrected chi connectivity index (χ4v) is 4.43. The van der Waals surface area contributed by atoms with Crippen molar-refractivity contribution >= 4 is 15.8 Å². The Hall–Kier alpha value is -3.13. The number of aromatic nitrogens is 1. The van der Waals surface area contributed by atoms with E-state index in [9.17, 15) is 22.7 Å². The highest BCUT2D eigenvalue weighted by Gasteiger charge is 2.26. The number of hydrogen-bond acceptors (Lipinski definition) is 4. The van der Waals surface area contributed by atoms with Crippen LogP contribution in [0.5, 0.6) is 5.88 Å². The van der Waals surface area contributed by atoms with Gasteiger partial charge in [-0.05, 0) is 67.3 Å². The lowest BCUT2D eigenvalue weighted by molar-refractivity contribution is -0.138. The minimum absolute atomic E-state index is 0.0976. The van der Waals surface area contributed by atoms with Crippen molar-refractivity contribution in [1.82, 2.24) is 4.57 Å². The Balaban J connectivity index is 2.32. The second-order valence-electron chi connectivity index (χ2n) is 7.57. The highest BCUT2D eigenvalue weighted by molar-refractivity contribution is 7.90. The lowest BCUT2D eigenvalue weighted by atomic mass is 9.98. The molecule has 0 fully saturated rings. The quantitative estimate of drug-likeness (QED) is 0.514. The summed E-state index contributed by atoms with van der Waals surface area (Å²) in [5, 5.41) is 9.64. The van der Waals surface area contributed by atoms with Gasteiger partial charge in [0.15, 0.2) is 9.84 Å². The molecule has 0 radical (unpaired) electrons. The molecule has 0 saturated heterocycles. The predicted octanol–water partition coefficient (Wildman–Crippen LogP) is 4.97. The molecule has 6 nitrogen and oxygen atoms in total. The fraction of sp³-hybridized carbons (Fsp3) is 0.292. The normalized spacial score (nSPS) is 12.5. The first-order chi connectivity index (χ1) is 15.1. The van der Waals surface area contributed by atoms with Crippen molar-refractivity contribution in [2.45, 2.75) is 38.0 Å².